The van der Waals surface area contributed by atoms with E-state index in [4.69, 9.17) is 11.6 Å². The number of halogens is 1. The summed E-state index contributed by atoms with van der Waals surface area (Å²) in [5.74, 6) is -0.694. The molecule has 27 heavy (non-hydrogen) atoms. The molecule has 0 saturated carbocycles. The van der Waals surface area contributed by atoms with Crippen LogP contribution in [-0.2, 0) is 0 Å². The van der Waals surface area contributed by atoms with E-state index in [1.165, 1.54) is 10.5 Å². The second kappa shape index (κ2) is 7.28. The quantitative estimate of drug-likeness (QED) is 0.746. The molecule has 0 radical (unpaired) electrons. The van der Waals surface area contributed by atoms with Gasteiger partial charge in [-0.15, -0.1) is 15.0 Å². The minimum atomic E-state index is -1.09. The van der Waals surface area contributed by atoms with Crippen LogP contribution in [0.3, 0.4) is 0 Å². The average Bonchev–Trinajstić information content (AvgIpc) is 3.15. The predicted octanol–water partition coefficient (Wildman–Crippen LogP) is 2.95. The largest absolute Gasteiger partial charge is 0.476 e. The van der Waals surface area contributed by atoms with Crippen molar-refractivity contribution in [3.05, 3.63) is 65.3 Å². The Balaban J connectivity index is 1.56. The number of nitrogens with zero attached hydrogens (tertiary/aromatic N) is 5. The Kier molecular flexibility index (Phi) is 4.68. The number of carboxylic acids is 1. The van der Waals surface area contributed by atoms with Gasteiger partial charge in [0.2, 0.25) is 5.69 Å². The molecular weight excluding hydrogens is 366 g/mol. The van der Waals surface area contributed by atoms with Crippen molar-refractivity contribution in [3.8, 4) is 5.69 Å². The minimum Gasteiger partial charge on any atom is -0.476 e. The van der Waals surface area contributed by atoms with Crippen LogP contribution in [0.15, 0.2) is 54.6 Å². The number of carboxylic acid groups (broad SMARTS) is 1. The summed E-state index contributed by atoms with van der Waals surface area (Å²) < 4.78 is 0. The van der Waals surface area contributed by atoms with Crippen LogP contribution in [0.2, 0.25) is 5.02 Å². The molecule has 0 spiro atoms. The smallest absolute Gasteiger partial charge is 0.360 e. The van der Waals surface area contributed by atoms with E-state index >= 15 is 0 Å². The van der Waals surface area contributed by atoms with Gasteiger partial charge in [-0.25, -0.2) is 4.79 Å². The Morgan fingerprint density at radius 3 is 2.11 bits per heavy atom. The summed E-state index contributed by atoms with van der Waals surface area (Å²) in [6.07, 6.45) is 0. The molecule has 0 aliphatic carbocycles. The van der Waals surface area contributed by atoms with E-state index in [2.05, 4.69) is 27.2 Å². The number of piperazine rings is 1. The first-order valence-corrected chi connectivity index (χ1v) is 9.01. The Morgan fingerprint density at radius 1 is 0.852 bits per heavy atom. The number of hydrogen-bond donors (Lipinski definition) is 1. The van der Waals surface area contributed by atoms with Crippen molar-refractivity contribution in [3.63, 3.8) is 0 Å². The highest BCUT2D eigenvalue weighted by Gasteiger charge is 2.26. The molecule has 138 valence electrons. The van der Waals surface area contributed by atoms with Gasteiger partial charge in [0.25, 0.3) is 0 Å². The fourth-order valence-corrected chi connectivity index (χ4v) is 3.28. The maximum absolute atomic E-state index is 11.7. The number of aromatic nitrogens is 3. The zero-order chi connectivity index (χ0) is 18.8. The molecule has 1 aliphatic rings. The number of rotatable bonds is 4. The molecule has 0 atom stereocenters. The van der Waals surface area contributed by atoms with Gasteiger partial charge in [-0.3, -0.25) is 0 Å². The zero-order valence-corrected chi connectivity index (χ0v) is 15.3. The van der Waals surface area contributed by atoms with E-state index in [0.29, 0.717) is 29.6 Å². The molecule has 1 N–H and O–H groups in total. The topological polar surface area (TPSA) is 74.5 Å². The summed E-state index contributed by atoms with van der Waals surface area (Å²) in [6, 6.07) is 17.1. The van der Waals surface area contributed by atoms with Crippen molar-refractivity contribution >= 4 is 29.1 Å². The van der Waals surface area contributed by atoms with Gasteiger partial charge in [-0.2, -0.15) is 0 Å². The number of benzene rings is 2. The van der Waals surface area contributed by atoms with Crippen LogP contribution in [0.1, 0.15) is 10.5 Å². The van der Waals surface area contributed by atoms with Crippen molar-refractivity contribution in [1.82, 2.24) is 15.0 Å². The summed E-state index contributed by atoms with van der Waals surface area (Å²) in [5, 5.41) is 18.8. The van der Waals surface area contributed by atoms with E-state index in [1.807, 2.05) is 23.1 Å². The number of para-hydroxylation sites is 1. The van der Waals surface area contributed by atoms with Crippen molar-refractivity contribution in [2.24, 2.45) is 0 Å². The van der Waals surface area contributed by atoms with Crippen LogP contribution in [0.4, 0.5) is 11.5 Å². The van der Waals surface area contributed by atoms with E-state index in [-0.39, 0.29) is 5.69 Å². The molecule has 4 rings (SSSR count). The van der Waals surface area contributed by atoms with Crippen molar-refractivity contribution < 1.29 is 9.90 Å². The van der Waals surface area contributed by atoms with Crippen molar-refractivity contribution in [2.45, 2.75) is 0 Å². The third-order valence-corrected chi connectivity index (χ3v) is 4.81. The van der Waals surface area contributed by atoms with E-state index < -0.39 is 5.97 Å². The lowest BCUT2D eigenvalue weighted by Gasteiger charge is -2.36. The first kappa shape index (κ1) is 17.4. The number of anilines is 2. The monoisotopic (exact) mass is 383 g/mol. The molecule has 1 aromatic heterocycles. The molecule has 1 fully saturated rings. The lowest BCUT2D eigenvalue weighted by Crippen LogP contribution is -2.47. The van der Waals surface area contributed by atoms with Crippen molar-refractivity contribution in [2.75, 3.05) is 36.0 Å². The van der Waals surface area contributed by atoms with E-state index in [1.54, 1.807) is 24.3 Å². The Morgan fingerprint density at radius 2 is 1.48 bits per heavy atom. The highest BCUT2D eigenvalue weighted by molar-refractivity contribution is 6.30. The summed E-state index contributed by atoms with van der Waals surface area (Å²) >= 11 is 5.91. The maximum atomic E-state index is 11.7. The highest BCUT2D eigenvalue weighted by Crippen LogP contribution is 2.23. The van der Waals surface area contributed by atoms with Gasteiger partial charge in [0, 0.05) is 36.9 Å². The predicted molar refractivity (Wildman–Crippen MR) is 104 cm³/mol. The summed E-state index contributed by atoms with van der Waals surface area (Å²) in [6.45, 7) is 2.93. The lowest BCUT2D eigenvalue weighted by atomic mass is 10.2. The number of carbonyl (C=O) groups is 1. The summed E-state index contributed by atoms with van der Waals surface area (Å²) in [7, 11) is 0. The van der Waals surface area contributed by atoms with E-state index in [0.717, 1.165) is 13.1 Å². The molecular formula is C19H18ClN5O2. The van der Waals surface area contributed by atoms with Gasteiger partial charge in [0.1, 0.15) is 0 Å². The molecule has 0 unspecified atom stereocenters. The van der Waals surface area contributed by atoms with Gasteiger partial charge in [0.05, 0.1) is 5.69 Å². The van der Waals surface area contributed by atoms with E-state index in [9.17, 15) is 9.90 Å². The summed E-state index contributed by atoms with van der Waals surface area (Å²) in [5.41, 5.74) is 1.79. The van der Waals surface area contributed by atoms with Gasteiger partial charge < -0.3 is 14.9 Å². The standard InChI is InChI=1S/C19H18ClN5O2/c20-14-6-8-16(9-7-14)25-21-17(19(26)27)18(22-25)24-12-10-23(11-13-24)15-4-2-1-3-5-15/h1-9H,10-13H2,(H,26,27). The second-order valence-corrected chi connectivity index (χ2v) is 6.69. The average molecular weight is 384 g/mol. The van der Waals surface area contributed by atoms with Crippen LogP contribution < -0.4 is 9.80 Å². The molecule has 1 saturated heterocycles. The molecule has 8 heteroatoms. The molecule has 2 heterocycles. The Bertz CT molecular complexity index is 934. The third-order valence-electron chi connectivity index (χ3n) is 4.56. The normalized spacial score (nSPS) is 14.4. The van der Waals surface area contributed by atoms with Crippen LogP contribution in [-0.4, -0.2) is 52.2 Å². The van der Waals surface area contributed by atoms with Gasteiger partial charge >= 0.3 is 5.97 Å². The summed E-state index contributed by atoms with van der Waals surface area (Å²) in [4.78, 5) is 17.3. The van der Waals surface area contributed by atoms with Crippen LogP contribution in [0.5, 0.6) is 0 Å². The van der Waals surface area contributed by atoms with Crippen LogP contribution >= 0.6 is 11.6 Å². The Labute approximate surface area is 161 Å². The molecule has 0 amide bonds. The third kappa shape index (κ3) is 3.59. The fourth-order valence-electron chi connectivity index (χ4n) is 3.16. The fraction of sp³-hybridized carbons (Fsp3) is 0.211. The second-order valence-electron chi connectivity index (χ2n) is 6.25. The SMILES string of the molecule is O=C(O)c1nn(-c2ccc(Cl)cc2)nc1N1CCN(c2ccccc2)CC1. The van der Waals surface area contributed by atoms with Crippen molar-refractivity contribution in [1.29, 1.82) is 0 Å². The minimum absolute atomic E-state index is 0.0434. The first-order chi connectivity index (χ1) is 13.1. The Hall–Kier alpha value is -3.06. The molecule has 7 nitrogen and oxygen atoms in total. The molecule has 0 bridgehead atoms. The van der Waals surface area contributed by atoms with Crippen LogP contribution in [0, 0.1) is 0 Å². The number of hydrogen-bond acceptors (Lipinski definition) is 5. The van der Waals surface area contributed by atoms with Gasteiger partial charge in [-0.05, 0) is 36.4 Å². The van der Waals surface area contributed by atoms with Crippen LogP contribution in [0.25, 0.3) is 5.69 Å². The van der Waals surface area contributed by atoms with Gasteiger partial charge in [-0.1, -0.05) is 29.8 Å². The molecule has 2 aromatic carbocycles. The lowest BCUT2D eigenvalue weighted by molar-refractivity contribution is 0.0690. The van der Waals surface area contributed by atoms with Gasteiger partial charge in [0.15, 0.2) is 5.82 Å². The molecule has 1 aliphatic heterocycles. The number of aromatic carboxylic acids is 1. The molecule has 3 aromatic rings. The zero-order valence-electron chi connectivity index (χ0n) is 14.5. The maximum Gasteiger partial charge on any atom is 0.360 e. The first-order valence-electron chi connectivity index (χ1n) is 8.63. The highest BCUT2D eigenvalue weighted by atomic mass is 35.5.